The number of carbonyl (C=O) groups excluding carboxylic acids is 1. The average Bonchev–Trinajstić information content (AvgIpc) is 3.21. The summed E-state index contributed by atoms with van der Waals surface area (Å²) < 4.78 is 22.8. The Morgan fingerprint density at radius 1 is 1.03 bits per heavy atom. The molecule has 2 heterocycles. The standard InChI is InChI=1S/C23H22N4O3S/c24-31(29,30)18-10-8-16(9-11-18)12-14-25-21(17-5-2-1-3-6-17)22(28)20-15-27-23-19(20)7-4-13-26-23/h1-11,13,15,21,25H,12,14H2,(H,26,27)(H2,24,29,30). The number of hydrogen-bond donors (Lipinski definition) is 3. The van der Waals surface area contributed by atoms with E-state index in [1.807, 2.05) is 42.5 Å². The Kier molecular flexibility index (Phi) is 5.94. The molecule has 0 amide bonds. The fraction of sp³-hybridized carbons (Fsp3) is 0.130. The number of Topliss-reactive ketones (excluding diaryl/α,β-unsaturated/α-hetero) is 1. The summed E-state index contributed by atoms with van der Waals surface area (Å²) in [7, 11) is -3.71. The van der Waals surface area contributed by atoms with Gasteiger partial charge in [0.05, 0.1) is 10.9 Å². The largest absolute Gasteiger partial charge is 0.345 e. The predicted octanol–water partition coefficient (Wildman–Crippen LogP) is 2.97. The Morgan fingerprint density at radius 2 is 1.77 bits per heavy atom. The van der Waals surface area contributed by atoms with Gasteiger partial charge < -0.3 is 10.3 Å². The van der Waals surface area contributed by atoms with E-state index in [-0.39, 0.29) is 10.7 Å². The summed E-state index contributed by atoms with van der Waals surface area (Å²) in [5, 5.41) is 9.29. The zero-order valence-electron chi connectivity index (χ0n) is 16.7. The number of sulfonamides is 1. The molecule has 4 rings (SSSR count). The zero-order valence-corrected chi connectivity index (χ0v) is 17.5. The molecule has 0 aliphatic heterocycles. The van der Waals surface area contributed by atoms with E-state index in [0.717, 1.165) is 16.5 Å². The van der Waals surface area contributed by atoms with Crippen molar-refractivity contribution in [2.75, 3.05) is 6.54 Å². The normalized spacial score (nSPS) is 12.7. The number of H-pyrrole nitrogens is 1. The first-order valence-electron chi connectivity index (χ1n) is 9.80. The van der Waals surface area contributed by atoms with Gasteiger partial charge in [-0.3, -0.25) is 4.79 Å². The van der Waals surface area contributed by atoms with E-state index in [9.17, 15) is 13.2 Å². The van der Waals surface area contributed by atoms with Gasteiger partial charge in [-0.2, -0.15) is 0 Å². The van der Waals surface area contributed by atoms with Gasteiger partial charge >= 0.3 is 0 Å². The first-order chi connectivity index (χ1) is 14.9. The lowest BCUT2D eigenvalue weighted by molar-refractivity contribution is 0.0945. The van der Waals surface area contributed by atoms with Crippen molar-refractivity contribution in [1.82, 2.24) is 15.3 Å². The molecule has 2 aromatic carbocycles. The highest BCUT2D eigenvalue weighted by Gasteiger charge is 2.24. The minimum absolute atomic E-state index is 0.0463. The van der Waals surface area contributed by atoms with Crippen LogP contribution in [-0.2, 0) is 16.4 Å². The highest BCUT2D eigenvalue weighted by Crippen LogP contribution is 2.24. The van der Waals surface area contributed by atoms with Gasteiger partial charge in [0.1, 0.15) is 5.65 Å². The van der Waals surface area contributed by atoms with Crippen LogP contribution in [0.2, 0.25) is 0 Å². The number of nitrogens with zero attached hydrogens (tertiary/aromatic N) is 1. The Balaban J connectivity index is 1.53. The van der Waals surface area contributed by atoms with Gasteiger partial charge in [0.2, 0.25) is 10.0 Å². The Labute approximate surface area is 180 Å². The molecule has 31 heavy (non-hydrogen) atoms. The number of aromatic nitrogens is 2. The van der Waals surface area contributed by atoms with Crippen LogP contribution in [0.3, 0.4) is 0 Å². The quantitative estimate of drug-likeness (QED) is 0.369. The van der Waals surface area contributed by atoms with E-state index in [2.05, 4.69) is 15.3 Å². The van der Waals surface area contributed by atoms with Crippen molar-refractivity contribution < 1.29 is 13.2 Å². The molecule has 4 aromatic rings. The van der Waals surface area contributed by atoms with Gasteiger partial charge in [-0.15, -0.1) is 0 Å². The van der Waals surface area contributed by atoms with Crippen molar-refractivity contribution in [3.05, 3.63) is 95.8 Å². The highest BCUT2D eigenvalue weighted by atomic mass is 32.2. The van der Waals surface area contributed by atoms with Gasteiger partial charge in [-0.25, -0.2) is 18.5 Å². The molecule has 2 aromatic heterocycles. The van der Waals surface area contributed by atoms with Crippen LogP contribution in [0.1, 0.15) is 27.5 Å². The maximum Gasteiger partial charge on any atom is 0.238 e. The molecule has 0 radical (unpaired) electrons. The summed E-state index contributed by atoms with van der Waals surface area (Å²) in [6.45, 7) is 0.528. The molecular formula is C23H22N4O3S. The van der Waals surface area contributed by atoms with Crippen molar-refractivity contribution in [2.24, 2.45) is 5.14 Å². The molecule has 7 nitrogen and oxygen atoms in total. The first kappa shape index (κ1) is 20.9. The number of rotatable bonds is 8. The van der Waals surface area contributed by atoms with Crippen LogP contribution < -0.4 is 10.5 Å². The van der Waals surface area contributed by atoms with Crippen molar-refractivity contribution in [1.29, 1.82) is 0 Å². The van der Waals surface area contributed by atoms with Crippen LogP contribution in [0.4, 0.5) is 0 Å². The van der Waals surface area contributed by atoms with Crippen LogP contribution in [0, 0.1) is 0 Å². The molecular weight excluding hydrogens is 412 g/mol. The number of aromatic amines is 1. The number of nitrogens with two attached hydrogens (primary N) is 1. The molecule has 0 aliphatic carbocycles. The number of fused-ring (bicyclic) bond motifs is 1. The fourth-order valence-corrected chi connectivity index (χ4v) is 4.04. The monoisotopic (exact) mass is 434 g/mol. The SMILES string of the molecule is NS(=O)(=O)c1ccc(CCNC(C(=O)c2c[nH]c3ncccc23)c2ccccc2)cc1. The lowest BCUT2D eigenvalue weighted by Crippen LogP contribution is -2.30. The summed E-state index contributed by atoms with van der Waals surface area (Å²) in [4.78, 5) is 20.8. The molecule has 4 N–H and O–H groups in total. The van der Waals surface area contributed by atoms with Gasteiger partial charge in [0.15, 0.2) is 5.78 Å². The van der Waals surface area contributed by atoms with Crippen molar-refractivity contribution in [3.63, 3.8) is 0 Å². The summed E-state index contributed by atoms with van der Waals surface area (Å²) in [5.41, 5.74) is 3.07. The molecule has 0 bridgehead atoms. The van der Waals surface area contributed by atoms with Crippen molar-refractivity contribution in [3.8, 4) is 0 Å². The second-order valence-electron chi connectivity index (χ2n) is 7.20. The van der Waals surface area contributed by atoms with Gasteiger partial charge in [-0.1, -0.05) is 42.5 Å². The number of carbonyl (C=O) groups is 1. The Bertz CT molecular complexity index is 1300. The topological polar surface area (TPSA) is 118 Å². The van der Waals surface area contributed by atoms with Crippen LogP contribution in [0.5, 0.6) is 0 Å². The van der Waals surface area contributed by atoms with E-state index >= 15 is 0 Å². The number of hydrogen-bond acceptors (Lipinski definition) is 5. The lowest BCUT2D eigenvalue weighted by Gasteiger charge is -2.18. The van der Waals surface area contributed by atoms with E-state index in [1.54, 1.807) is 24.5 Å². The number of primary sulfonamides is 1. The molecule has 1 atom stereocenters. The van der Waals surface area contributed by atoms with E-state index < -0.39 is 16.1 Å². The summed E-state index contributed by atoms with van der Waals surface area (Å²) in [6, 6.07) is 19.2. The summed E-state index contributed by atoms with van der Waals surface area (Å²) in [5.74, 6) is -0.0463. The Hall–Kier alpha value is -3.33. The van der Waals surface area contributed by atoms with E-state index in [0.29, 0.717) is 24.2 Å². The van der Waals surface area contributed by atoms with Crippen molar-refractivity contribution in [2.45, 2.75) is 17.4 Å². The predicted molar refractivity (Wildman–Crippen MR) is 119 cm³/mol. The van der Waals surface area contributed by atoms with Gasteiger partial charge in [0.25, 0.3) is 0 Å². The van der Waals surface area contributed by atoms with Gasteiger partial charge in [-0.05, 0) is 41.8 Å². The molecule has 0 spiro atoms. The van der Waals surface area contributed by atoms with Crippen molar-refractivity contribution >= 4 is 26.8 Å². The third kappa shape index (κ3) is 4.72. The van der Waals surface area contributed by atoms with Crippen LogP contribution in [0.25, 0.3) is 11.0 Å². The number of pyridine rings is 1. The average molecular weight is 435 g/mol. The summed E-state index contributed by atoms with van der Waals surface area (Å²) >= 11 is 0. The summed E-state index contributed by atoms with van der Waals surface area (Å²) in [6.07, 6.45) is 4.00. The van der Waals surface area contributed by atoms with Crippen LogP contribution >= 0.6 is 0 Å². The fourth-order valence-electron chi connectivity index (χ4n) is 3.53. The smallest absolute Gasteiger partial charge is 0.238 e. The molecule has 0 saturated carbocycles. The second kappa shape index (κ2) is 8.81. The highest BCUT2D eigenvalue weighted by molar-refractivity contribution is 7.89. The van der Waals surface area contributed by atoms with E-state index in [1.165, 1.54) is 12.1 Å². The zero-order chi connectivity index (χ0) is 21.8. The Morgan fingerprint density at radius 3 is 2.48 bits per heavy atom. The van der Waals surface area contributed by atoms with E-state index in [4.69, 9.17) is 5.14 Å². The molecule has 158 valence electrons. The minimum Gasteiger partial charge on any atom is -0.345 e. The number of benzene rings is 2. The maximum atomic E-state index is 13.4. The third-order valence-corrected chi connectivity index (χ3v) is 6.05. The number of nitrogens with one attached hydrogen (secondary N) is 2. The lowest BCUT2D eigenvalue weighted by atomic mass is 9.97. The number of ketones is 1. The molecule has 0 aliphatic rings. The maximum absolute atomic E-state index is 13.4. The van der Waals surface area contributed by atoms with Crippen LogP contribution in [-0.4, -0.2) is 30.7 Å². The third-order valence-electron chi connectivity index (χ3n) is 5.13. The molecule has 0 fully saturated rings. The molecule has 1 unspecified atom stereocenters. The van der Waals surface area contributed by atoms with Gasteiger partial charge in [0, 0.05) is 29.9 Å². The molecule has 8 heteroatoms. The molecule has 0 saturated heterocycles. The first-order valence-corrected chi connectivity index (χ1v) is 11.3. The second-order valence-corrected chi connectivity index (χ2v) is 8.76. The minimum atomic E-state index is -3.71. The van der Waals surface area contributed by atoms with Crippen LogP contribution in [0.15, 0.2) is 84.0 Å².